The third-order valence-corrected chi connectivity index (χ3v) is 6.96. The van der Waals surface area contributed by atoms with Gasteiger partial charge >= 0.3 is 0 Å². The lowest BCUT2D eigenvalue weighted by molar-refractivity contribution is 0.0517. The fraction of sp³-hybridized carbons (Fsp3) is 0.429. The molecule has 3 rings (SSSR count). The van der Waals surface area contributed by atoms with Crippen molar-refractivity contribution in [2.45, 2.75) is 37.0 Å². The molecule has 1 fully saturated rings. The van der Waals surface area contributed by atoms with Crippen LogP contribution in [0.3, 0.4) is 0 Å². The first-order chi connectivity index (χ1) is 12.9. The molecule has 1 aliphatic heterocycles. The molecule has 0 bridgehead atoms. The highest BCUT2D eigenvalue weighted by molar-refractivity contribution is 7.89. The monoisotopic (exact) mass is 389 g/mol. The summed E-state index contributed by atoms with van der Waals surface area (Å²) in [6, 6.07) is 13.6. The van der Waals surface area contributed by atoms with Crippen LogP contribution in [-0.4, -0.2) is 35.3 Å². The van der Waals surface area contributed by atoms with E-state index < -0.39 is 10.0 Å². The smallest absolute Gasteiger partial charge is 0.240 e. The molecule has 1 heterocycles. The van der Waals surface area contributed by atoms with E-state index in [-0.39, 0.29) is 5.41 Å². The van der Waals surface area contributed by atoms with Crippen LogP contribution in [0.2, 0.25) is 0 Å². The van der Waals surface area contributed by atoms with Crippen LogP contribution in [0.1, 0.15) is 29.5 Å². The third kappa shape index (κ3) is 4.18. The minimum atomic E-state index is -3.63. The molecule has 0 radical (unpaired) electrons. The van der Waals surface area contributed by atoms with Gasteiger partial charge in [-0.05, 0) is 55.5 Å². The Balaban J connectivity index is 1.88. The zero-order valence-corrected chi connectivity index (χ0v) is 16.9. The quantitative estimate of drug-likeness (QED) is 0.823. The summed E-state index contributed by atoms with van der Waals surface area (Å²) in [7, 11) is -2.04. The molecule has 146 valence electrons. The van der Waals surface area contributed by atoms with Crippen molar-refractivity contribution in [3.63, 3.8) is 0 Å². The first kappa shape index (κ1) is 19.9. The van der Waals surface area contributed by atoms with Gasteiger partial charge in [0, 0.05) is 25.2 Å². The molecule has 0 unspecified atom stereocenters. The number of nitrogens with one attached hydrogen (secondary N) is 1. The standard InChI is InChI=1S/C21H27NO4S/c1-16-14-20(17(2)13-19(16)25-3)27(23,24)22-15-21(9-11-26-12-10-21)18-7-5-4-6-8-18/h4-8,13-14,22H,9-12,15H2,1-3H3. The van der Waals surface area contributed by atoms with Gasteiger partial charge in [-0.2, -0.15) is 0 Å². The number of methoxy groups -OCH3 is 1. The highest BCUT2D eigenvalue weighted by atomic mass is 32.2. The van der Waals surface area contributed by atoms with Gasteiger partial charge in [0.1, 0.15) is 5.75 Å². The summed E-state index contributed by atoms with van der Waals surface area (Å²) < 4.78 is 39.8. The predicted molar refractivity (Wildman–Crippen MR) is 106 cm³/mol. The average molecular weight is 390 g/mol. The summed E-state index contributed by atoms with van der Waals surface area (Å²) >= 11 is 0. The summed E-state index contributed by atoms with van der Waals surface area (Å²) in [5.41, 5.74) is 2.37. The van der Waals surface area contributed by atoms with Gasteiger partial charge in [0.15, 0.2) is 0 Å². The highest BCUT2D eigenvalue weighted by Gasteiger charge is 2.36. The van der Waals surface area contributed by atoms with Gasteiger partial charge in [-0.3, -0.25) is 0 Å². The minimum Gasteiger partial charge on any atom is -0.496 e. The van der Waals surface area contributed by atoms with E-state index >= 15 is 0 Å². The lowest BCUT2D eigenvalue weighted by Gasteiger charge is -2.38. The van der Waals surface area contributed by atoms with Crippen LogP contribution in [-0.2, 0) is 20.2 Å². The van der Waals surface area contributed by atoms with Gasteiger partial charge in [-0.25, -0.2) is 13.1 Å². The van der Waals surface area contributed by atoms with E-state index in [0.29, 0.717) is 36.0 Å². The summed E-state index contributed by atoms with van der Waals surface area (Å²) in [6.45, 7) is 5.26. The number of hydrogen-bond acceptors (Lipinski definition) is 4. The van der Waals surface area contributed by atoms with Crippen molar-refractivity contribution >= 4 is 10.0 Å². The topological polar surface area (TPSA) is 64.6 Å². The first-order valence-corrected chi connectivity index (χ1v) is 10.6. The van der Waals surface area contributed by atoms with Crippen LogP contribution in [0, 0.1) is 13.8 Å². The van der Waals surface area contributed by atoms with Crippen molar-refractivity contribution in [1.82, 2.24) is 4.72 Å². The van der Waals surface area contributed by atoms with Crippen molar-refractivity contribution in [2.75, 3.05) is 26.9 Å². The Kier molecular flexibility index (Phi) is 5.89. The molecule has 2 aromatic rings. The molecule has 0 aromatic heterocycles. The number of sulfonamides is 1. The van der Waals surface area contributed by atoms with Crippen molar-refractivity contribution in [2.24, 2.45) is 0 Å². The van der Waals surface area contributed by atoms with E-state index in [1.807, 2.05) is 25.1 Å². The van der Waals surface area contributed by atoms with E-state index in [1.165, 1.54) is 0 Å². The second kappa shape index (κ2) is 8.00. The van der Waals surface area contributed by atoms with Crippen LogP contribution in [0.5, 0.6) is 5.75 Å². The third-order valence-electron chi connectivity index (χ3n) is 5.42. The Morgan fingerprint density at radius 1 is 1.07 bits per heavy atom. The van der Waals surface area contributed by atoms with Crippen LogP contribution in [0.25, 0.3) is 0 Å². The number of rotatable bonds is 6. The minimum absolute atomic E-state index is 0.248. The predicted octanol–water partition coefficient (Wildman–Crippen LogP) is 3.34. The maximum Gasteiger partial charge on any atom is 0.240 e. The van der Waals surface area contributed by atoms with Crippen LogP contribution >= 0.6 is 0 Å². The van der Waals surface area contributed by atoms with Crippen LogP contribution in [0.4, 0.5) is 0 Å². The highest BCUT2D eigenvalue weighted by Crippen LogP contribution is 2.35. The molecule has 0 saturated carbocycles. The molecule has 1 saturated heterocycles. The van der Waals surface area contributed by atoms with Crippen molar-refractivity contribution in [3.05, 3.63) is 59.2 Å². The summed E-state index contributed by atoms with van der Waals surface area (Å²) in [6.07, 6.45) is 1.58. The van der Waals surface area contributed by atoms with E-state index in [2.05, 4.69) is 16.9 Å². The number of aryl methyl sites for hydroxylation is 2. The van der Waals surface area contributed by atoms with Crippen LogP contribution in [0.15, 0.2) is 47.4 Å². The lowest BCUT2D eigenvalue weighted by Crippen LogP contribution is -2.44. The summed E-state index contributed by atoms with van der Waals surface area (Å²) in [5.74, 6) is 0.691. The molecule has 27 heavy (non-hydrogen) atoms. The second-order valence-corrected chi connectivity index (χ2v) is 8.91. The number of benzene rings is 2. The fourth-order valence-corrected chi connectivity index (χ4v) is 5.14. The molecule has 5 nitrogen and oxygen atoms in total. The zero-order valence-electron chi connectivity index (χ0n) is 16.1. The van der Waals surface area contributed by atoms with Crippen molar-refractivity contribution in [1.29, 1.82) is 0 Å². The Morgan fingerprint density at radius 3 is 2.37 bits per heavy atom. The van der Waals surface area contributed by atoms with Gasteiger partial charge in [0.2, 0.25) is 10.0 Å². The number of ether oxygens (including phenoxy) is 2. The molecule has 0 spiro atoms. The zero-order chi connectivity index (χ0) is 19.5. The Morgan fingerprint density at radius 2 is 1.74 bits per heavy atom. The second-order valence-electron chi connectivity index (χ2n) is 7.17. The number of hydrogen-bond donors (Lipinski definition) is 1. The molecular weight excluding hydrogens is 362 g/mol. The van der Waals surface area contributed by atoms with Crippen molar-refractivity contribution in [3.8, 4) is 5.75 Å². The molecule has 0 amide bonds. The Labute approximate surface area is 161 Å². The lowest BCUT2D eigenvalue weighted by atomic mass is 9.74. The maximum absolute atomic E-state index is 13.0. The Hall–Kier alpha value is -1.89. The van der Waals surface area contributed by atoms with Gasteiger partial charge < -0.3 is 9.47 Å². The SMILES string of the molecule is COc1cc(C)c(S(=O)(=O)NCC2(c3ccccc3)CCOCC2)cc1C. The van der Waals surface area contributed by atoms with Gasteiger partial charge in [0.05, 0.1) is 12.0 Å². The molecule has 6 heteroatoms. The van der Waals surface area contributed by atoms with Crippen molar-refractivity contribution < 1.29 is 17.9 Å². The fourth-order valence-electron chi connectivity index (χ4n) is 3.70. The first-order valence-electron chi connectivity index (χ1n) is 9.16. The normalized spacial score (nSPS) is 16.9. The largest absolute Gasteiger partial charge is 0.496 e. The van der Waals surface area contributed by atoms with Gasteiger partial charge in [-0.1, -0.05) is 30.3 Å². The van der Waals surface area contributed by atoms with Crippen LogP contribution < -0.4 is 9.46 Å². The molecule has 0 aliphatic carbocycles. The van der Waals surface area contributed by atoms with E-state index in [1.54, 1.807) is 26.2 Å². The van der Waals surface area contributed by atoms with E-state index in [4.69, 9.17) is 9.47 Å². The molecule has 1 N–H and O–H groups in total. The van der Waals surface area contributed by atoms with Gasteiger partial charge in [-0.15, -0.1) is 0 Å². The summed E-state index contributed by atoms with van der Waals surface area (Å²) in [4.78, 5) is 0.302. The molecule has 0 atom stereocenters. The Bertz CT molecular complexity index is 888. The van der Waals surface area contributed by atoms with E-state index in [9.17, 15) is 8.42 Å². The maximum atomic E-state index is 13.0. The summed E-state index contributed by atoms with van der Waals surface area (Å²) in [5, 5.41) is 0. The average Bonchev–Trinajstić information content (AvgIpc) is 2.69. The molecule has 2 aromatic carbocycles. The molecule has 1 aliphatic rings. The molecular formula is C21H27NO4S. The van der Waals surface area contributed by atoms with E-state index in [0.717, 1.165) is 24.0 Å². The van der Waals surface area contributed by atoms with Gasteiger partial charge in [0.25, 0.3) is 0 Å².